The Morgan fingerprint density at radius 3 is 0.856 bits per heavy atom. The Morgan fingerprint density at radius 2 is 0.416 bits per heavy atom. The minimum absolute atomic E-state index is 1.04. The summed E-state index contributed by atoms with van der Waals surface area (Å²) in [6, 6.07) is 156. The number of benzene rings is 20. The molecule has 7 aliphatic carbocycles. The second-order valence-corrected chi connectivity index (χ2v) is 33.3. The molecule has 27 rings (SSSR count). The Labute approximate surface area is 736 Å². The standard InChI is InChI=1S/C15H14.C15H12.C14H12.C14H10.C14H12.C14H10.3C13H10/c2*1-3-7-14-11-15-8-4-2-6-13(15)10-9-12(14)5-1;2*1-3-7-13-11(5-1)9-10-12-6-2-4-8-14(12)13;2*1-2-6-12-10-14-8-4-3-7-13(14)9-11(12)5-1;1-3-7-12-10(5-1)9-11-6-2-4-8-13(11)12;2*1-2-6-12-10(4-1)8-9-11-5-3-7-13(11)12/h1-8H,9-11H2;1-10H,11H2;1-8H,9-10H2;1-10H;1-8H,9-10H2;1-10H;1-8H,9H2;1-4,6-9H,5H2;1-6,8-9H,7H2. The summed E-state index contributed by atoms with van der Waals surface area (Å²) in [5, 5.41) is 16.0. The van der Waals surface area contributed by atoms with Gasteiger partial charge in [-0.15, -0.1) is 0 Å². The molecule has 0 aliphatic heterocycles. The van der Waals surface area contributed by atoms with E-state index in [1.165, 1.54) is 224 Å². The molecule has 600 valence electrons. The average molecular weight is 1600 g/mol. The van der Waals surface area contributed by atoms with Gasteiger partial charge in [0.2, 0.25) is 0 Å². The van der Waals surface area contributed by atoms with Gasteiger partial charge in [-0.1, -0.05) is 461 Å². The summed E-state index contributed by atoms with van der Waals surface area (Å²) in [4.78, 5) is 0. The number of fused-ring (bicyclic) bond motifs is 23. The van der Waals surface area contributed by atoms with Crippen LogP contribution in [0.4, 0.5) is 0 Å². The molecule has 0 atom stereocenters. The van der Waals surface area contributed by atoms with Crippen LogP contribution in [0.5, 0.6) is 0 Å². The number of rotatable bonds is 0. The third kappa shape index (κ3) is 18.7. The van der Waals surface area contributed by atoms with Crippen LogP contribution in [0.25, 0.3) is 111 Å². The topological polar surface area (TPSA) is 0 Å². The zero-order valence-electron chi connectivity index (χ0n) is 70.8. The largest absolute Gasteiger partial charge is 0.0795 e. The highest BCUT2D eigenvalue weighted by molar-refractivity contribution is 6.07. The fourth-order valence-electron chi connectivity index (χ4n) is 19.0. The van der Waals surface area contributed by atoms with Gasteiger partial charge in [-0.3, -0.25) is 0 Å². The summed E-state index contributed by atoms with van der Waals surface area (Å²) in [5.74, 6) is 0. The molecule has 0 aromatic heterocycles. The van der Waals surface area contributed by atoms with Crippen molar-refractivity contribution in [3.8, 4) is 22.3 Å². The molecule has 0 unspecified atom stereocenters. The summed E-state index contributed by atoms with van der Waals surface area (Å²) in [6.45, 7) is 0. The van der Waals surface area contributed by atoms with Crippen LogP contribution in [0.1, 0.15) is 111 Å². The lowest BCUT2D eigenvalue weighted by Crippen LogP contribution is -2.06. The lowest BCUT2D eigenvalue weighted by Gasteiger charge is -2.19. The molecule has 7 aliphatic rings. The molecule has 0 radical (unpaired) electrons. The molecule has 0 saturated carbocycles. The van der Waals surface area contributed by atoms with Crippen molar-refractivity contribution in [2.45, 2.75) is 70.6 Å². The first-order chi connectivity index (χ1) is 62.0. The molecule has 20 aromatic carbocycles. The summed E-state index contributed by atoms with van der Waals surface area (Å²) in [7, 11) is 0. The molecular weight excluding hydrogens is 1500 g/mol. The summed E-state index contributed by atoms with van der Waals surface area (Å²) < 4.78 is 0. The fourth-order valence-corrected chi connectivity index (χ4v) is 19.0. The molecule has 20 aromatic rings. The van der Waals surface area contributed by atoms with Crippen LogP contribution in [0.3, 0.4) is 0 Å². The van der Waals surface area contributed by atoms with Crippen molar-refractivity contribution in [2.75, 3.05) is 0 Å². The van der Waals surface area contributed by atoms with E-state index < -0.39 is 0 Å². The molecule has 0 saturated heterocycles. The zero-order valence-corrected chi connectivity index (χ0v) is 70.8. The van der Waals surface area contributed by atoms with Crippen molar-refractivity contribution < 1.29 is 0 Å². The quantitative estimate of drug-likeness (QED) is 0.105. The Hall–Kier alpha value is -14.8. The van der Waals surface area contributed by atoms with Gasteiger partial charge in [0.1, 0.15) is 0 Å². The van der Waals surface area contributed by atoms with Crippen molar-refractivity contribution in [3.63, 3.8) is 0 Å². The van der Waals surface area contributed by atoms with E-state index in [0.29, 0.717) is 0 Å². The van der Waals surface area contributed by atoms with Crippen molar-refractivity contribution in [1.82, 2.24) is 0 Å². The van der Waals surface area contributed by atoms with E-state index in [0.717, 1.165) is 44.9 Å². The Balaban J connectivity index is 0.0000000921. The zero-order chi connectivity index (χ0) is 83.7. The lowest BCUT2D eigenvalue weighted by molar-refractivity contribution is 0.942. The van der Waals surface area contributed by atoms with Crippen molar-refractivity contribution in [3.05, 3.63) is 560 Å². The number of hydrogen-bond donors (Lipinski definition) is 0. The SMILES string of the molecule is C1=Cc2c(ccc3ccccc23)C1.C1=Cc2ccc3ccccc3c2C1.C1=Cc2ccccc2Cc2ccccc21.c1ccc2c(c1)CCc1ccccc1-2.c1ccc2c(c1)CCc1ccccc1C2.c1ccc2c(c1)Cc1ccccc1-2.c1ccc2c(c1)Cc1ccccc1C2.c1ccc2c(c1)ccc1ccccc12.c1ccc2cc3ccccc3cc2c1. The van der Waals surface area contributed by atoms with E-state index in [4.69, 9.17) is 0 Å². The van der Waals surface area contributed by atoms with Gasteiger partial charge >= 0.3 is 0 Å². The van der Waals surface area contributed by atoms with E-state index >= 15 is 0 Å². The lowest BCUT2D eigenvalue weighted by atomic mass is 9.86. The van der Waals surface area contributed by atoms with Crippen LogP contribution in [-0.2, 0) is 70.6 Å². The Kier molecular flexibility index (Phi) is 24.6. The Morgan fingerprint density at radius 1 is 0.144 bits per heavy atom. The number of aryl methyl sites for hydroxylation is 4. The Bertz CT molecular complexity index is 6890. The molecule has 0 fully saturated rings. The minimum Gasteiger partial charge on any atom is -0.0795 e. The molecule has 0 heterocycles. The average Bonchev–Trinajstić information content (AvgIpc) is 1.76. The van der Waals surface area contributed by atoms with Crippen LogP contribution in [-0.4, -0.2) is 0 Å². The van der Waals surface area contributed by atoms with Gasteiger partial charge < -0.3 is 0 Å². The maximum absolute atomic E-state index is 2.27. The second kappa shape index (κ2) is 38.5. The van der Waals surface area contributed by atoms with Gasteiger partial charge in [0.25, 0.3) is 0 Å². The molecule has 0 amide bonds. The number of allylic oxidation sites excluding steroid dienone is 2. The first kappa shape index (κ1) is 79.9. The third-order valence-corrected chi connectivity index (χ3v) is 25.6. The molecule has 0 heteroatoms. The van der Waals surface area contributed by atoms with E-state index in [1.807, 2.05) is 0 Å². The van der Waals surface area contributed by atoms with Crippen molar-refractivity contribution in [1.29, 1.82) is 0 Å². The monoisotopic (exact) mass is 1600 g/mol. The molecule has 0 spiro atoms. The third-order valence-electron chi connectivity index (χ3n) is 25.6. The molecule has 0 N–H and O–H groups in total. The molecular formula is C125H100. The molecule has 125 heavy (non-hydrogen) atoms. The van der Waals surface area contributed by atoms with Crippen LogP contribution < -0.4 is 0 Å². The van der Waals surface area contributed by atoms with Crippen molar-refractivity contribution >= 4 is 88.9 Å². The first-order valence-electron chi connectivity index (χ1n) is 44.5. The normalized spacial score (nSPS) is 12.7. The van der Waals surface area contributed by atoms with Gasteiger partial charge in [-0.2, -0.15) is 0 Å². The summed E-state index contributed by atoms with van der Waals surface area (Å²) >= 11 is 0. The second-order valence-electron chi connectivity index (χ2n) is 33.3. The van der Waals surface area contributed by atoms with Gasteiger partial charge in [0.05, 0.1) is 0 Å². The maximum atomic E-state index is 2.27. The summed E-state index contributed by atoms with van der Waals surface area (Å²) in [6.07, 6.45) is 25.7. The van der Waals surface area contributed by atoms with E-state index in [2.05, 4.69) is 473 Å². The maximum Gasteiger partial charge on any atom is -0.00135 e. The van der Waals surface area contributed by atoms with Crippen LogP contribution in [0.15, 0.2) is 449 Å². The molecule has 0 bridgehead atoms. The number of hydrogen-bond acceptors (Lipinski definition) is 0. The minimum atomic E-state index is 1.04. The predicted molar refractivity (Wildman–Crippen MR) is 536 cm³/mol. The van der Waals surface area contributed by atoms with Gasteiger partial charge in [0, 0.05) is 0 Å². The smallest absolute Gasteiger partial charge is 0.00135 e. The fraction of sp³-hybridized carbons (Fsp3) is 0.0880. The van der Waals surface area contributed by atoms with Gasteiger partial charge in [-0.05, 0) is 281 Å². The highest BCUT2D eigenvalue weighted by atomic mass is 14.2. The molecule has 0 nitrogen and oxygen atoms in total. The highest BCUT2D eigenvalue weighted by Gasteiger charge is 2.19. The van der Waals surface area contributed by atoms with Crippen LogP contribution in [0.2, 0.25) is 0 Å². The van der Waals surface area contributed by atoms with E-state index in [-0.39, 0.29) is 0 Å². The highest BCUT2D eigenvalue weighted by Crippen LogP contribution is 2.38. The summed E-state index contributed by atoms with van der Waals surface area (Å²) in [5.41, 5.74) is 34.9. The van der Waals surface area contributed by atoms with Crippen molar-refractivity contribution in [2.24, 2.45) is 0 Å². The predicted octanol–water partition coefficient (Wildman–Crippen LogP) is 31.8. The van der Waals surface area contributed by atoms with E-state index in [1.54, 1.807) is 0 Å². The first-order valence-corrected chi connectivity index (χ1v) is 44.5. The van der Waals surface area contributed by atoms with Gasteiger partial charge in [0.15, 0.2) is 0 Å². The van der Waals surface area contributed by atoms with Crippen LogP contribution >= 0.6 is 0 Å². The van der Waals surface area contributed by atoms with Crippen LogP contribution in [0, 0.1) is 0 Å². The van der Waals surface area contributed by atoms with E-state index in [9.17, 15) is 0 Å². The van der Waals surface area contributed by atoms with Gasteiger partial charge in [-0.25, -0.2) is 0 Å².